The first-order chi connectivity index (χ1) is 28.8. The minimum absolute atomic E-state index is 0.0237. The van der Waals surface area contributed by atoms with E-state index in [-0.39, 0.29) is 56.6 Å². The fourth-order valence-corrected chi connectivity index (χ4v) is 9.45. The second-order valence-corrected chi connectivity index (χ2v) is 18.7. The van der Waals surface area contributed by atoms with Crippen LogP contribution >= 0.6 is 11.3 Å². The van der Waals surface area contributed by atoms with Crippen molar-refractivity contribution in [2.75, 3.05) is 40.5 Å². The molecule has 61 heavy (non-hydrogen) atoms. The summed E-state index contributed by atoms with van der Waals surface area (Å²) in [5.41, 5.74) is 3.47. The number of halogens is 3. The molecule has 328 valence electrons. The summed E-state index contributed by atoms with van der Waals surface area (Å²) in [4.78, 5) is 53.0. The van der Waals surface area contributed by atoms with Crippen molar-refractivity contribution in [3.05, 3.63) is 51.5 Å². The van der Waals surface area contributed by atoms with Crippen LogP contribution in [-0.4, -0.2) is 106 Å². The number of pyridine rings is 1. The largest absolute Gasteiger partial charge is 0.476 e. The number of hydrazine groups is 1. The number of likely N-dealkylation sites (N-methyl/N-ethyl adjacent to an activating group) is 1. The van der Waals surface area contributed by atoms with Gasteiger partial charge in [-0.25, -0.2) is 14.8 Å². The van der Waals surface area contributed by atoms with Gasteiger partial charge in [-0.15, -0.1) is 11.3 Å². The molecule has 6 heterocycles. The number of nitrogens with zero attached hydrogens (tertiary/aromatic N) is 5. The van der Waals surface area contributed by atoms with Gasteiger partial charge in [0.2, 0.25) is 17.5 Å². The highest BCUT2D eigenvalue weighted by molar-refractivity contribution is 7.10. The van der Waals surface area contributed by atoms with Gasteiger partial charge in [0.25, 0.3) is 5.91 Å². The molecule has 18 heteroatoms. The van der Waals surface area contributed by atoms with Crippen LogP contribution in [0, 0.1) is 17.3 Å². The average molecular weight is 868 g/mol. The Morgan fingerprint density at radius 3 is 2.67 bits per heavy atom. The van der Waals surface area contributed by atoms with Crippen molar-refractivity contribution in [2.24, 2.45) is 17.3 Å². The third-order valence-electron chi connectivity index (χ3n) is 12.1. The highest BCUT2D eigenvalue weighted by Gasteiger charge is 2.46. The number of amides is 2. The smallest absolute Gasteiger partial charge is 0.406 e. The van der Waals surface area contributed by atoms with E-state index in [1.807, 2.05) is 45.3 Å². The summed E-state index contributed by atoms with van der Waals surface area (Å²) >= 11 is 1.29. The molecule has 1 saturated heterocycles. The van der Waals surface area contributed by atoms with Crippen molar-refractivity contribution >= 4 is 40.0 Å². The summed E-state index contributed by atoms with van der Waals surface area (Å²) < 4.78 is 63.5. The summed E-state index contributed by atoms with van der Waals surface area (Å²) in [6.07, 6.45) is -4.19. The van der Waals surface area contributed by atoms with Gasteiger partial charge in [-0.2, -0.15) is 18.6 Å². The Morgan fingerprint density at radius 2 is 1.95 bits per heavy atom. The molecule has 4 aliphatic rings. The van der Waals surface area contributed by atoms with Gasteiger partial charge in [0.1, 0.15) is 19.2 Å². The molecule has 2 amide bonds. The third kappa shape index (κ3) is 8.87. The minimum atomic E-state index is -4.62. The second-order valence-electron chi connectivity index (χ2n) is 17.8. The van der Waals surface area contributed by atoms with E-state index in [2.05, 4.69) is 15.6 Å². The number of aromatic nitrogens is 3. The van der Waals surface area contributed by atoms with E-state index in [9.17, 15) is 32.7 Å². The normalized spacial score (nSPS) is 25.2. The van der Waals surface area contributed by atoms with E-state index < -0.39 is 47.9 Å². The summed E-state index contributed by atoms with van der Waals surface area (Å²) in [6, 6.07) is 6.02. The Kier molecular flexibility index (Phi) is 11.5. The number of hydrogen-bond acceptors (Lipinski definition) is 12. The van der Waals surface area contributed by atoms with Crippen molar-refractivity contribution in [1.82, 2.24) is 35.2 Å². The maximum Gasteiger partial charge on any atom is 0.406 e. The fourth-order valence-electron chi connectivity index (χ4n) is 8.60. The number of hydrogen-bond donors (Lipinski definition) is 3. The monoisotopic (exact) mass is 867 g/mol. The van der Waals surface area contributed by atoms with Gasteiger partial charge in [-0.05, 0) is 62.9 Å². The zero-order chi connectivity index (χ0) is 43.6. The Morgan fingerprint density at radius 1 is 1.18 bits per heavy atom. The topological polar surface area (TPSA) is 160 Å². The van der Waals surface area contributed by atoms with Crippen LogP contribution in [0.3, 0.4) is 0 Å². The molecule has 1 aliphatic carbocycles. The van der Waals surface area contributed by atoms with E-state index in [1.165, 1.54) is 28.0 Å². The van der Waals surface area contributed by atoms with Crippen LogP contribution in [-0.2, 0) is 49.8 Å². The number of alkyl halides is 3. The second kappa shape index (κ2) is 16.3. The molecule has 6 bridgehead atoms. The number of rotatable bonds is 6. The number of cyclic esters (lactones) is 1. The zero-order valence-electron chi connectivity index (χ0n) is 35.1. The van der Waals surface area contributed by atoms with E-state index in [0.29, 0.717) is 87.2 Å². The lowest BCUT2D eigenvalue weighted by atomic mass is 9.84. The molecule has 3 N–H and O–H groups in total. The number of thiazole rings is 1. The number of aliphatic hydroxyl groups is 1. The third-order valence-corrected chi connectivity index (χ3v) is 13.0. The highest BCUT2D eigenvalue weighted by atomic mass is 32.1. The van der Waals surface area contributed by atoms with E-state index in [0.717, 1.165) is 0 Å². The molecule has 0 radical (unpaired) electrons. The maximum atomic E-state index is 14.8. The quantitative estimate of drug-likeness (QED) is 0.209. The number of fused-ring (bicyclic) bond motifs is 7. The van der Waals surface area contributed by atoms with Crippen LogP contribution < -0.4 is 15.5 Å². The number of methoxy groups -OCH3 is 1. The Labute approximate surface area is 355 Å². The van der Waals surface area contributed by atoms with Crippen molar-refractivity contribution < 1.29 is 46.9 Å². The fraction of sp³-hybridized carbons (Fsp3) is 0.558. The van der Waals surface area contributed by atoms with E-state index in [4.69, 9.17) is 24.2 Å². The van der Waals surface area contributed by atoms with E-state index in [1.54, 1.807) is 19.1 Å². The van der Waals surface area contributed by atoms with Crippen molar-refractivity contribution in [1.29, 1.82) is 0 Å². The van der Waals surface area contributed by atoms with Crippen LogP contribution in [0.5, 0.6) is 5.88 Å². The van der Waals surface area contributed by atoms with Crippen LogP contribution in [0.15, 0.2) is 29.6 Å². The van der Waals surface area contributed by atoms with Gasteiger partial charge in [0.15, 0.2) is 0 Å². The summed E-state index contributed by atoms with van der Waals surface area (Å²) in [5, 5.41) is 18.6. The first kappa shape index (κ1) is 43.0. The van der Waals surface area contributed by atoms with Gasteiger partial charge in [0.05, 0.1) is 34.8 Å². The number of nitrogens with one attached hydrogen (secondary N) is 2. The summed E-state index contributed by atoms with van der Waals surface area (Å²) in [5.74, 6) is -1.45. The van der Waals surface area contributed by atoms with Crippen molar-refractivity contribution in [2.45, 2.75) is 96.9 Å². The molecular weight excluding hydrogens is 816 g/mol. The molecule has 3 aromatic heterocycles. The molecule has 2 fully saturated rings. The van der Waals surface area contributed by atoms with Crippen LogP contribution in [0.4, 0.5) is 13.2 Å². The predicted octanol–water partition coefficient (Wildman–Crippen LogP) is 5.55. The SMILES string of the molecule is CO[C@@H](C)c1nc2c(cc1-c1c3c4cc(ccc4n1CC(F)(F)F)-c1csc(n1)C[C@H](NC(=O)[C@H]1C[C@@H]1C)C(=O)N1CCC[C@@](O)(N1)C(=O)OCC(C)(C)C3)CN(C)CCO2. The zero-order valence-corrected chi connectivity index (χ0v) is 36.0. The highest BCUT2D eigenvalue weighted by Crippen LogP contribution is 2.45. The lowest BCUT2D eigenvalue weighted by Gasteiger charge is -2.40. The Balaban J connectivity index is 1.32. The molecular formula is C43H52F3N7O7S. The Bertz CT molecular complexity index is 2370. The van der Waals surface area contributed by atoms with Crippen molar-refractivity contribution in [3.63, 3.8) is 0 Å². The molecule has 1 saturated carbocycles. The molecule has 0 unspecified atom stereocenters. The molecule has 14 nitrogen and oxygen atoms in total. The molecule has 0 spiro atoms. The minimum Gasteiger partial charge on any atom is -0.476 e. The maximum absolute atomic E-state index is 14.8. The van der Waals surface area contributed by atoms with Gasteiger partial charge in [-0.3, -0.25) is 19.5 Å². The van der Waals surface area contributed by atoms with Crippen LogP contribution in [0.2, 0.25) is 0 Å². The first-order valence-corrected chi connectivity index (χ1v) is 21.5. The number of esters is 1. The lowest BCUT2D eigenvalue weighted by Crippen LogP contribution is -2.67. The predicted molar refractivity (Wildman–Crippen MR) is 220 cm³/mol. The Hall–Kier alpha value is -4.62. The van der Waals surface area contributed by atoms with Crippen molar-refractivity contribution in [3.8, 4) is 28.4 Å². The molecule has 1 aromatic carbocycles. The first-order valence-electron chi connectivity index (χ1n) is 20.7. The summed E-state index contributed by atoms with van der Waals surface area (Å²) in [6.45, 7) is 7.52. The number of carbonyl (C=O) groups is 3. The number of benzene rings is 1. The van der Waals surface area contributed by atoms with Gasteiger partial charge in [-0.1, -0.05) is 26.8 Å². The average Bonchev–Trinajstić information content (AvgIpc) is 3.72. The van der Waals surface area contributed by atoms with Crippen LogP contribution in [0.25, 0.3) is 33.4 Å². The number of ether oxygens (including phenoxy) is 3. The van der Waals surface area contributed by atoms with Gasteiger partial charge < -0.3 is 29.2 Å². The standard InChI is InChI=1S/C43H52F3N7O7S/c1-23-14-27(23)37(54)48-31-17-34-47-32(20-61-34)25-8-9-33-28(15-25)30(18-41(3,4)22-60-40(56)42(57)10-7-11-53(50-42)39(31)55)36(52(33)21-43(44,45)46)29-16-26-19-51(5)12-13-59-38(26)49-35(29)24(2)58-6/h8-9,15-16,20,23-24,27,31,50,57H,7,10-14,17-19,21-22H2,1-6H3,(H,48,54)/t23-,24-,27-,31-,42-/m0/s1. The molecule has 3 aliphatic heterocycles. The van der Waals surface area contributed by atoms with Crippen LogP contribution in [0.1, 0.15) is 74.9 Å². The van der Waals surface area contributed by atoms with Gasteiger partial charge >= 0.3 is 12.1 Å². The molecule has 5 atom stereocenters. The molecule has 8 rings (SSSR count). The molecule has 4 aromatic rings. The number of carbonyl (C=O) groups excluding carboxylic acids is 3. The lowest BCUT2D eigenvalue weighted by molar-refractivity contribution is -0.189. The van der Waals surface area contributed by atoms with Gasteiger partial charge in [0, 0.05) is 83.9 Å². The summed E-state index contributed by atoms with van der Waals surface area (Å²) in [7, 11) is 3.45. The van der Waals surface area contributed by atoms with E-state index >= 15 is 0 Å².